The molecule has 1 aromatic rings. The lowest BCUT2D eigenvalue weighted by molar-refractivity contribution is 0.147. The van der Waals surface area contributed by atoms with Crippen LogP contribution < -0.4 is 5.73 Å². The van der Waals surface area contributed by atoms with E-state index in [1.807, 2.05) is 0 Å². The van der Waals surface area contributed by atoms with Crippen molar-refractivity contribution in [2.24, 2.45) is 17.1 Å². The molecule has 0 aromatic carbocycles. The highest BCUT2D eigenvalue weighted by molar-refractivity contribution is 5.03. The van der Waals surface area contributed by atoms with Gasteiger partial charge >= 0.3 is 0 Å². The van der Waals surface area contributed by atoms with Crippen LogP contribution in [-0.4, -0.2) is 25.7 Å². The number of rotatable bonds is 2. The van der Waals surface area contributed by atoms with E-state index in [9.17, 15) is 0 Å². The number of hydrogen-bond donors (Lipinski definition) is 1. The van der Waals surface area contributed by atoms with Gasteiger partial charge in [-0.15, -0.1) is 5.10 Å². The third kappa shape index (κ3) is 1.65. The summed E-state index contributed by atoms with van der Waals surface area (Å²) in [5.41, 5.74) is 6.37. The lowest BCUT2D eigenvalue weighted by Crippen LogP contribution is -2.48. The Morgan fingerprint density at radius 2 is 2.20 bits per heavy atom. The van der Waals surface area contributed by atoms with Crippen LogP contribution in [0.1, 0.15) is 33.6 Å². The molecule has 2 atom stereocenters. The lowest BCUT2D eigenvalue weighted by Gasteiger charge is -2.38. The van der Waals surface area contributed by atoms with Gasteiger partial charge in [0.2, 0.25) is 0 Å². The fourth-order valence-electron chi connectivity index (χ4n) is 2.43. The van der Waals surface area contributed by atoms with Crippen molar-refractivity contribution in [2.75, 3.05) is 0 Å². The minimum atomic E-state index is -0.0777. The van der Waals surface area contributed by atoms with Gasteiger partial charge < -0.3 is 5.73 Å². The first-order valence-corrected chi connectivity index (χ1v) is 5.43. The van der Waals surface area contributed by atoms with Gasteiger partial charge in [-0.05, 0) is 41.5 Å². The summed E-state index contributed by atoms with van der Waals surface area (Å²) in [5.74, 6) is 0.552. The zero-order chi connectivity index (χ0) is 11.1. The molecule has 0 aliphatic heterocycles. The lowest BCUT2D eigenvalue weighted by atomic mass is 9.72. The van der Waals surface area contributed by atoms with Crippen molar-refractivity contribution in [3.63, 3.8) is 0 Å². The van der Waals surface area contributed by atoms with Crippen molar-refractivity contribution in [1.29, 1.82) is 0 Å². The molecule has 5 heteroatoms. The van der Waals surface area contributed by atoms with Crippen LogP contribution in [0.3, 0.4) is 0 Å². The summed E-state index contributed by atoms with van der Waals surface area (Å²) >= 11 is 0. The van der Waals surface area contributed by atoms with Gasteiger partial charge in [0.25, 0.3) is 0 Å². The van der Waals surface area contributed by atoms with Gasteiger partial charge in [0.1, 0.15) is 6.33 Å². The van der Waals surface area contributed by atoms with Gasteiger partial charge in [-0.1, -0.05) is 13.8 Å². The molecule has 1 heterocycles. The second-order valence-electron chi connectivity index (χ2n) is 5.41. The minimum Gasteiger partial charge on any atom is -0.325 e. The molecular formula is C10H19N5. The molecule has 84 valence electrons. The van der Waals surface area contributed by atoms with E-state index in [2.05, 4.69) is 36.3 Å². The first kappa shape index (κ1) is 10.5. The zero-order valence-corrected chi connectivity index (χ0v) is 9.64. The van der Waals surface area contributed by atoms with Crippen molar-refractivity contribution >= 4 is 0 Å². The highest BCUT2D eigenvalue weighted by Crippen LogP contribution is 2.48. The molecule has 5 nitrogen and oxygen atoms in total. The van der Waals surface area contributed by atoms with Gasteiger partial charge in [0.15, 0.2) is 0 Å². The topological polar surface area (TPSA) is 69.6 Å². The third-order valence-corrected chi connectivity index (χ3v) is 4.30. The fraction of sp³-hybridized carbons (Fsp3) is 0.900. The highest BCUT2D eigenvalue weighted by atomic mass is 15.5. The number of nitrogens with zero attached hydrogens (tertiary/aromatic N) is 4. The number of aromatic nitrogens is 4. The maximum Gasteiger partial charge on any atom is 0.138 e. The van der Waals surface area contributed by atoms with E-state index in [1.165, 1.54) is 0 Å². The molecular weight excluding hydrogens is 190 g/mol. The predicted molar refractivity (Wildman–Crippen MR) is 56.9 cm³/mol. The molecule has 1 aliphatic rings. The predicted octanol–water partition coefficient (Wildman–Crippen LogP) is 0.827. The highest BCUT2D eigenvalue weighted by Gasteiger charge is 2.49. The second kappa shape index (κ2) is 3.27. The minimum absolute atomic E-state index is 0.0777. The summed E-state index contributed by atoms with van der Waals surface area (Å²) in [5, 5.41) is 11.2. The van der Waals surface area contributed by atoms with E-state index in [0.29, 0.717) is 5.92 Å². The average molecular weight is 209 g/mol. The molecule has 0 spiro atoms. The fourth-order valence-corrected chi connectivity index (χ4v) is 2.43. The van der Waals surface area contributed by atoms with Crippen molar-refractivity contribution in [1.82, 2.24) is 20.2 Å². The molecule has 1 aromatic heterocycles. The Labute approximate surface area is 90.0 Å². The standard InChI is InChI=1S/C10H19N5/c1-9(2)8(4-5-10(9,3)11)6-15-7-12-13-14-15/h7-8H,4-6,11H2,1-3H3/t8-,10-/m1/s1. The summed E-state index contributed by atoms with van der Waals surface area (Å²) in [7, 11) is 0. The molecule has 1 saturated carbocycles. The van der Waals surface area contributed by atoms with Crippen molar-refractivity contribution in [2.45, 2.75) is 45.7 Å². The summed E-state index contributed by atoms with van der Waals surface area (Å²) in [4.78, 5) is 0. The van der Waals surface area contributed by atoms with Gasteiger partial charge in [-0.2, -0.15) is 0 Å². The third-order valence-electron chi connectivity index (χ3n) is 4.30. The molecule has 0 unspecified atom stereocenters. The summed E-state index contributed by atoms with van der Waals surface area (Å²) < 4.78 is 1.80. The molecule has 1 fully saturated rings. The number of hydrogen-bond acceptors (Lipinski definition) is 4. The van der Waals surface area contributed by atoms with E-state index in [0.717, 1.165) is 19.4 Å². The summed E-state index contributed by atoms with van der Waals surface area (Å²) in [6.07, 6.45) is 3.90. The summed E-state index contributed by atoms with van der Waals surface area (Å²) in [6, 6.07) is 0. The van der Waals surface area contributed by atoms with Crippen LogP contribution in [0.4, 0.5) is 0 Å². The number of tetrazole rings is 1. The van der Waals surface area contributed by atoms with Gasteiger partial charge in [0, 0.05) is 12.1 Å². The molecule has 2 N–H and O–H groups in total. The Morgan fingerprint density at radius 3 is 2.67 bits per heavy atom. The van der Waals surface area contributed by atoms with Crippen LogP contribution in [0.25, 0.3) is 0 Å². The van der Waals surface area contributed by atoms with Gasteiger partial charge in [0.05, 0.1) is 0 Å². The van der Waals surface area contributed by atoms with Crippen molar-refractivity contribution < 1.29 is 0 Å². The Morgan fingerprint density at radius 1 is 1.47 bits per heavy atom. The zero-order valence-electron chi connectivity index (χ0n) is 9.64. The normalized spacial score (nSPS) is 34.5. The second-order valence-corrected chi connectivity index (χ2v) is 5.41. The monoisotopic (exact) mass is 209 g/mol. The molecule has 0 saturated heterocycles. The van der Waals surface area contributed by atoms with Gasteiger partial charge in [-0.25, -0.2) is 4.68 Å². The summed E-state index contributed by atoms with van der Waals surface area (Å²) in [6.45, 7) is 7.50. The SMILES string of the molecule is CC1(C)[C@@H](Cn2cnnn2)CC[C@@]1(C)N. The average Bonchev–Trinajstić information content (AvgIpc) is 2.69. The van der Waals surface area contributed by atoms with E-state index < -0.39 is 0 Å². The van der Waals surface area contributed by atoms with Crippen molar-refractivity contribution in [3.8, 4) is 0 Å². The van der Waals surface area contributed by atoms with Gasteiger partial charge in [-0.3, -0.25) is 0 Å². The van der Waals surface area contributed by atoms with Crippen LogP contribution in [-0.2, 0) is 6.54 Å². The maximum atomic E-state index is 6.31. The van der Waals surface area contributed by atoms with E-state index in [4.69, 9.17) is 5.73 Å². The van der Waals surface area contributed by atoms with E-state index in [-0.39, 0.29) is 11.0 Å². The van der Waals surface area contributed by atoms with Crippen LogP contribution in [0, 0.1) is 11.3 Å². The van der Waals surface area contributed by atoms with Crippen LogP contribution in [0.2, 0.25) is 0 Å². The first-order valence-electron chi connectivity index (χ1n) is 5.43. The quantitative estimate of drug-likeness (QED) is 0.783. The molecule has 1 aliphatic carbocycles. The Hall–Kier alpha value is -0.970. The van der Waals surface area contributed by atoms with Crippen LogP contribution in [0.15, 0.2) is 6.33 Å². The van der Waals surface area contributed by atoms with Crippen LogP contribution >= 0.6 is 0 Å². The maximum absolute atomic E-state index is 6.31. The molecule has 2 rings (SSSR count). The van der Waals surface area contributed by atoms with Crippen LogP contribution in [0.5, 0.6) is 0 Å². The van der Waals surface area contributed by atoms with E-state index in [1.54, 1.807) is 11.0 Å². The largest absolute Gasteiger partial charge is 0.325 e. The van der Waals surface area contributed by atoms with E-state index >= 15 is 0 Å². The molecule has 0 radical (unpaired) electrons. The number of nitrogens with two attached hydrogens (primary N) is 1. The Bertz CT molecular complexity index is 328. The Kier molecular flexibility index (Phi) is 2.30. The Balaban J connectivity index is 2.12. The molecule has 0 amide bonds. The molecule has 15 heavy (non-hydrogen) atoms. The smallest absolute Gasteiger partial charge is 0.138 e. The first-order chi connectivity index (χ1) is 6.93. The van der Waals surface area contributed by atoms with Crippen molar-refractivity contribution in [3.05, 3.63) is 6.33 Å². The molecule has 0 bridgehead atoms.